The first-order valence-electron chi connectivity index (χ1n) is 3.54. The molecule has 1 nitrogen and oxygen atoms in total. The van der Waals surface area contributed by atoms with E-state index in [1.807, 2.05) is 0 Å². The molecule has 0 aromatic rings. The van der Waals surface area contributed by atoms with E-state index in [9.17, 15) is 0 Å². The number of piperidine rings is 1. The van der Waals surface area contributed by atoms with Crippen LogP contribution in [-0.2, 0) is 0 Å². The third kappa shape index (κ3) is 2.08. The molecule has 9 heavy (non-hydrogen) atoms. The smallest absolute Gasteiger partial charge is 0.0136 e. The number of halogens is 1. The summed E-state index contributed by atoms with van der Waals surface area (Å²) < 4.78 is 0.925. The molecule has 0 bridgehead atoms. The molecule has 1 fully saturated rings. The van der Waals surface area contributed by atoms with E-state index in [1.54, 1.807) is 0 Å². The van der Waals surface area contributed by atoms with Gasteiger partial charge < -0.3 is 4.90 Å². The van der Waals surface area contributed by atoms with Gasteiger partial charge in [0.25, 0.3) is 0 Å². The summed E-state index contributed by atoms with van der Waals surface area (Å²) in [5, 5.41) is 0. The summed E-state index contributed by atoms with van der Waals surface area (Å²) in [4.78, 5) is 2.44. The maximum atomic E-state index is 2.56. The highest BCUT2D eigenvalue weighted by molar-refractivity contribution is 14.1. The van der Waals surface area contributed by atoms with Crippen LogP contribution in [0.25, 0.3) is 0 Å². The molecule has 0 N–H and O–H groups in total. The van der Waals surface area contributed by atoms with E-state index < -0.39 is 0 Å². The van der Waals surface area contributed by atoms with E-state index >= 15 is 0 Å². The molecule has 0 spiro atoms. The topological polar surface area (TPSA) is 3.24 Å². The van der Waals surface area contributed by atoms with Gasteiger partial charge in [-0.1, -0.05) is 22.6 Å². The number of nitrogens with zero attached hydrogens (tertiary/aromatic N) is 1. The van der Waals surface area contributed by atoms with Crippen LogP contribution in [0.4, 0.5) is 0 Å². The zero-order valence-electron chi connectivity index (χ0n) is 6.10. The fraction of sp³-hybridized carbons (Fsp3) is 1.00. The van der Waals surface area contributed by atoms with Crippen LogP contribution in [0.5, 0.6) is 0 Å². The maximum Gasteiger partial charge on any atom is 0.0136 e. The third-order valence-corrected chi connectivity index (χ3v) is 3.28. The Kier molecular flexibility index (Phi) is 2.76. The third-order valence-electron chi connectivity index (χ3n) is 2.14. The van der Waals surface area contributed by atoms with Gasteiger partial charge in [0, 0.05) is 9.97 Å². The largest absolute Gasteiger partial charge is 0.304 e. The van der Waals surface area contributed by atoms with Crippen LogP contribution in [0.15, 0.2) is 0 Å². The highest BCUT2D eigenvalue weighted by Crippen LogP contribution is 2.21. The second-order valence-corrected chi connectivity index (χ2v) is 4.71. The van der Waals surface area contributed by atoms with Gasteiger partial charge in [-0.2, -0.15) is 0 Å². The van der Waals surface area contributed by atoms with E-state index in [1.165, 1.54) is 19.4 Å². The molecule has 54 valence electrons. The summed E-state index contributed by atoms with van der Waals surface area (Å²) >= 11 is 2.56. The Morgan fingerprint density at radius 3 is 2.67 bits per heavy atom. The van der Waals surface area contributed by atoms with Crippen LogP contribution in [0.1, 0.15) is 19.8 Å². The van der Waals surface area contributed by atoms with E-state index in [-0.39, 0.29) is 0 Å². The van der Waals surface area contributed by atoms with Crippen molar-refractivity contribution in [3.8, 4) is 0 Å². The summed E-state index contributed by atoms with van der Waals surface area (Å²) in [6.45, 7) is 3.60. The lowest BCUT2D eigenvalue weighted by molar-refractivity contribution is 0.208. The minimum Gasteiger partial charge on any atom is -0.304 e. The molecule has 2 atom stereocenters. The maximum absolute atomic E-state index is 2.56. The van der Waals surface area contributed by atoms with Crippen molar-refractivity contribution < 1.29 is 0 Å². The standard InChI is InChI=1S/C7H14IN/c1-6-5-7(8)3-4-9(6)2/h6-7H,3-5H2,1-2H3/t6-,7-/m0/s1. The monoisotopic (exact) mass is 239 g/mol. The Hall–Kier alpha value is 0.690. The molecule has 0 radical (unpaired) electrons. The van der Waals surface area contributed by atoms with Crippen molar-refractivity contribution in [2.75, 3.05) is 13.6 Å². The fourth-order valence-electron chi connectivity index (χ4n) is 1.23. The Morgan fingerprint density at radius 1 is 1.56 bits per heavy atom. The van der Waals surface area contributed by atoms with Gasteiger partial charge in [0.2, 0.25) is 0 Å². The zero-order chi connectivity index (χ0) is 6.85. The number of hydrogen-bond donors (Lipinski definition) is 0. The Labute approximate surface area is 70.9 Å². The summed E-state index contributed by atoms with van der Waals surface area (Å²) in [7, 11) is 2.22. The molecule has 1 aliphatic rings. The molecule has 1 heterocycles. The molecule has 0 saturated carbocycles. The lowest BCUT2D eigenvalue weighted by atomic mass is 10.1. The van der Waals surface area contributed by atoms with Crippen LogP contribution < -0.4 is 0 Å². The van der Waals surface area contributed by atoms with Gasteiger partial charge in [-0.25, -0.2) is 0 Å². The first-order valence-corrected chi connectivity index (χ1v) is 4.79. The Bertz CT molecular complexity index is 94.9. The lowest BCUT2D eigenvalue weighted by Gasteiger charge is -2.32. The number of hydrogen-bond acceptors (Lipinski definition) is 1. The van der Waals surface area contributed by atoms with Gasteiger partial charge in [0.05, 0.1) is 0 Å². The zero-order valence-corrected chi connectivity index (χ0v) is 8.26. The first-order chi connectivity index (χ1) is 4.20. The summed E-state index contributed by atoms with van der Waals surface area (Å²) in [5.74, 6) is 0. The molecule has 1 saturated heterocycles. The lowest BCUT2D eigenvalue weighted by Crippen LogP contribution is -2.37. The van der Waals surface area contributed by atoms with E-state index in [0.29, 0.717) is 0 Å². The highest BCUT2D eigenvalue weighted by Gasteiger charge is 2.19. The summed E-state index contributed by atoms with van der Waals surface area (Å²) in [6.07, 6.45) is 2.75. The van der Waals surface area contributed by atoms with Crippen molar-refractivity contribution in [2.24, 2.45) is 0 Å². The van der Waals surface area contributed by atoms with Crippen molar-refractivity contribution >= 4 is 22.6 Å². The van der Waals surface area contributed by atoms with Crippen LogP contribution in [0.3, 0.4) is 0 Å². The molecule has 0 unspecified atom stereocenters. The van der Waals surface area contributed by atoms with Gasteiger partial charge in [-0.15, -0.1) is 0 Å². The highest BCUT2D eigenvalue weighted by atomic mass is 127. The van der Waals surface area contributed by atoms with Crippen LogP contribution in [0, 0.1) is 0 Å². The predicted octanol–water partition coefficient (Wildman–Crippen LogP) is 1.90. The second-order valence-electron chi connectivity index (χ2n) is 2.95. The van der Waals surface area contributed by atoms with Crippen LogP contribution in [0.2, 0.25) is 0 Å². The molecule has 1 aliphatic heterocycles. The van der Waals surface area contributed by atoms with Gasteiger partial charge in [-0.05, 0) is 33.4 Å². The minimum absolute atomic E-state index is 0.806. The molecule has 0 aliphatic carbocycles. The van der Waals surface area contributed by atoms with Crippen molar-refractivity contribution in [1.29, 1.82) is 0 Å². The normalized spacial score (nSPS) is 39.0. The fourth-order valence-corrected chi connectivity index (χ4v) is 2.25. The Balaban J connectivity index is 2.35. The van der Waals surface area contributed by atoms with Crippen LogP contribution >= 0.6 is 22.6 Å². The van der Waals surface area contributed by atoms with Gasteiger partial charge >= 0.3 is 0 Å². The number of rotatable bonds is 0. The molecule has 0 amide bonds. The van der Waals surface area contributed by atoms with Crippen molar-refractivity contribution in [2.45, 2.75) is 29.7 Å². The van der Waals surface area contributed by atoms with Gasteiger partial charge in [-0.3, -0.25) is 0 Å². The van der Waals surface area contributed by atoms with E-state index in [4.69, 9.17) is 0 Å². The minimum atomic E-state index is 0.806. The van der Waals surface area contributed by atoms with Gasteiger partial charge in [0.15, 0.2) is 0 Å². The molecular formula is C7H14IN. The quantitative estimate of drug-likeness (QED) is 0.461. The first kappa shape index (κ1) is 7.79. The number of likely N-dealkylation sites (tertiary alicyclic amines) is 1. The van der Waals surface area contributed by atoms with E-state index in [2.05, 4.69) is 41.5 Å². The average Bonchev–Trinajstić information content (AvgIpc) is 1.80. The summed E-state index contributed by atoms with van der Waals surface area (Å²) in [6, 6.07) is 0.806. The van der Waals surface area contributed by atoms with Crippen molar-refractivity contribution in [1.82, 2.24) is 4.90 Å². The van der Waals surface area contributed by atoms with Crippen molar-refractivity contribution in [3.05, 3.63) is 0 Å². The average molecular weight is 239 g/mol. The van der Waals surface area contributed by atoms with Crippen LogP contribution in [-0.4, -0.2) is 28.5 Å². The Morgan fingerprint density at radius 2 is 2.22 bits per heavy atom. The molecule has 0 aromatic carbocycles. The molecule has 0 aromatic heterocycles. The molecule has 1 rings (SSSR count). The number of alkyl halides is 1. The van der Waals surface area contributed by atoms with Crippen molar-refractivity contribution in [3.63, 3.8) is 0 Å². The summed E-state index contributed by atoms with van der Waals surface area (Å²) in [5.41, 5.74) is 0. The molecule has 2 heteroatoms. The molecular weight excluding hydrogens is 225 g/mol. The SMILES string of the molecule is C[C@H]1C[C@@H](I)CCN1C. The van der Waals surface area contributed by atoms with E-state index in [0.717, 1.165) is 9.97 Å². The van der Waals surface area contributed by atoms with Gasteiger partial charge in [0.1, 0.15) is 0 Å². The predicted molar refractivity (Wildman–Crippen MR) is 49.1 cm³/mol. The second kappa shape index (κ2) is 3.19.